The van der Waals surface area contributed by atoms with Gasteiger partial charge in [-0.2, -0.15) is 9.78 Å². The predicted octanol–water partition coefficient (Wildman–Crippen LogP) is 6.59. The van der Waals surface area contributed by atoms with E-state index in [0.717, 1.165) is 46.9 Å². The maximum Gasteiger partial charge on any atom is 0.228 e. The summed E-state index contributed by atoms with van der Waals surface area (Å²) in [4.78, 5) is 18.0. The first-order valence-corrected chi connectivity index (χ1v) is 12.1. The van der Waals surface area contributed by atoms with Crippen molar-refractivity contribution < 1.29 is 4.79 Å². The third kappa shape index (κ3) is 4.72. The molecule has 0 aliphatic heterocycles. The zero-order valence-corrected chi connectivity index (χ0v) is 20.2. The largest absolute Gasteiger partial charge is 0.310 e. The van der Waals surface area contributed by atoms with E-state index in [9.17, 15) is 4.79 Å². The summed E-state index contributed by atoms with van der Waals surface area (Å²) in [5.74, 6) is 2.45. The summed E-state index contributed by atoms with van der Waals surface area (Å²) in [5.41, 5.74) is 5.40. The van der Waals surface area contributed by atoms with Gasteiger partial charge in [0.05, 0.1) is 11.2 Å². The van der Waals surface area contributed by atoms with E-state index in [0.29, 0.717) is 5.82 Å². The first-order chi connectivity index (χ1) is 15.4. The van der Waals surface area contributed by atoms with Crippen LogP contribution in [0.15, 0.2) is 24.3 Å². The SMILES string of the molecule is CCCCC1CCC(C(=O)Nc2cc(C)nn2-c2cc(C)c3cc(C)cc(C)c3n2)CC1. The Labute approximate surface area is 191 Å². The van der Waals surface area contributed by atoms with Gasteiger partial charge in [0.1, 0.15) is 5.82 Å². The minimum absolute atomic E-state index is 0.0908. The van der Waals surface area contributed by atoms with E-state index in [1.165, 1.54) is 43.1 Å². The lowest BCUT2D eigenvalue weighted by molar-refractivity contribution is -0.121. The smallest absolute Gasteiger partial charge is 0.228 e. The van der Waals surface area contributed by atoms with Crippen LogP contribution in [0.3, 0.4) is 0 Å². The van der Waals surface area contributed by atoms with Crippen LogP contribution in [-0.4, -0.2) is 20.7 Å². The summed E-state index contributed by atoms with van der Waals surface area (Å²) in [6.07, 6.45) is 8.17. The van der Waals surface area contributed by atoms with Crippen LogP contribution in [0.25, 0.3) is 16.7 Å². The van der Waals surface area contributed by atoms with Gasteiger partial charge in [0.25, 0.3) is 0 Å². The van der Waals surface area contributed by atoms with Crippen molar-refractivity contribution in [2.24, 2.45) is 11.8 Å². The number of rotatable bonds is 6. The number of hydrogen-bond donors (Lipinski definition) is 1. The van der Waals surface area contributed by atoms with Gasteiger partial charge in [-0.05, 0) is 82.6 Å². The van der Waals surface area contributed by atoms with Gasteiger partial charge in [-0.25, -0.2) is 4.98 Å². The molecule has 0 unspecified atom stereocenters. The number of nitrogens with zero attached hydrogens (tertiary/aromatic N) is 3. The summed E-state index contributed by atoms with van der Waals surface area (Å²) >= 11 is 0. The lowest BCUT2D eigenvalue weighted by Gasteiger charge is -2.27. The molecule has 0 bridgehead atoms. The highest BCUT2D eigenvalue weighted by Crippen LogP contribution is 2.33. The van der Waals surface area contributed by atoms with Crippen molar-refractivity contribution in [3.63, 3.8) is 0 Å². The van der Waals surface area contributed by atoms with Crippen LogP contribution in [0.5, 0.6) is 0 Å². The van der Waals surface area contributed by atoms with E-state index in [-0.39, 0.29) is 11.8 Å². The number of unbranched alkanes of at least 4 members (excludes halogenated alkanes) is 1. The molecule has 1 saturated carbocycles. The van der Waals surface area contributed by atoms with Gasteiger partial charge in [-0.1, -0.05) is 37.8 Å². The van der Waals surface area contributed by atoms with Gasteiger partial charge in [0.2, 0.25) is 5.91 Å². The molecule has 1 fully saturated rings. The Morgan fingerprint density at radius 3 is 2.50 bits per heavy atom. The van der Waals surface area contributed by atoms with Crippen molar-refractivity contribution in [3.8, 4) is 5.82 Å². The zero-order valence-electron chi connectivity index (χ0n) is 20.2. The second-order valence-electron chi connectivity index (χ2n) is 9.71. The molecule has 0 atom stereocenters. The number of nitrogens with one attached hydrogen (secondary N) is 1. The van der Waals surface area contributed by atoms with Crippen molar-refractivity contribution in [1.82, 2.24) is 14.8 Å². The number of fused-ring (bicyclic) bond motifs is 1. The molecule has 1 aliphatic carbocycles. The van der Waals surface area contributed by atoms with Gasteiger partial charge in [-0.3, -0.25) is 4.79 Å². The Bertz CT molecular complexity index is 1120. The molecule has 2 heterocycles. The normalized spacial score (nSPS) is 18.8. The third-order valence-electron chi connectivity index (χ3n) is 6.92. The molecule has 5 nitrogen and oxygen atoms in total. The summed E-state index contributed by atoms with van der Waals surface area (Å²) in [7, 11) is 0. The Balaban J connectivity index is 1.56. The maximum atomic E-state index is 13.1. The zero-order chi connectivity index (χ0) is 22.8. The topological polar surface area (TPSA) is 59.8 Å². The maximum absolute atomic E-state index is 13.1. The average molecular weight is 433 g/mol. The second-order valence-corrected chi connectivity index (χ2v) is 9.71. The van der Waals surface area contributed by atoms with Gasteiger partial charge in [0, 0.05) is 17.4 Å². The fraction of sp³-hybridized carbons (Fsp3) is 0.519. The van der Waals surface area contributed by atoms with E-state index in [1.807, 2.05) is 13.0 Å². The van der Waals surface area contributed by atoms with Crippen molar-refractivity contribution in [2.45, 2.75) is 79.6 Å². The lowest BCUT2D eigenvalue weighted by atomic mass is 9.79. The van der Waals surface area contributed by atoms with Crippen LogP contribution in [0, 0.1) is 39.5 Å². The van der Waals surface area contributed by atoms with Gasteiger partial charge in [-0.15, -0.1) is 0 Å². The fourth-order valence-electron chi connectivity index (χ4n) is 5.13. The molecule has 4 rings (SSSR count). The van der Waals surface area contributed by atoms with Crippen LogP contribution in [0.4, 0.5) is 5.82 Å². The first kappa shape index (κ1) is 22.5. The Kier molecular flexibility index (Phi) is 6.63. The Morgan fingerprint density at radius 1 is 1.03 bits per heavy atom. The van der Waals surface area contributed by atoms with Crippen LogP contribution in [0.1, 0.15) is 74.3 Å². The standard InChI is InChI=1S/C27H36N4O/c1-6-7-8-21-9-11-22(12-10-21)27(32)29-25-16-20(5)30-31(25)24-15-18(3)23-14-17(2)13-19(4)26(23)28-24/h13-16,21-22H,6-12H2,1-5H3,(H,29,32). The molecule has 1 amide bonds. The van der Waals surface area contributed by atoms with Crippen molar-refractivity contribution >= 4 is 22.6 Å². The molecule has 170 valence electrons. The lowest BCUT2D eigenvalue weighted by Crippen LogP contribution is -2.28. The molecular formula is C27H36N4O. The number of anilines is 1. The highest BCUT2D eigenvalue weighted by molar-refractivity contribution is 5.92. The van der Waals surface area contributed by atoms with E-state index in [4.69, 9.17) is 4.98 Å². The predicted molar refractivity (Wildman–Crippen MR) is 131 cm³/mol. The first-order valence-electron chi connectivity index (χ1n) is 12.1. The molecule has 3 aromatic rings. The summed E-state index contributed by atoms with van der Waals surface area (Å²) in [5, 5.41) is 9.00. The highest BCUT2D eigenvalue weighted by atomic mass is 16.2. The van der Waals surface area contributed by atoms with Crippen molar-refractivity contribution in [1.29, 1.82) is 0 Å². The van der Waals surface area contributed by atoms with Crippen molar-refractivity contribution in [2.75, 3.05) is 5.32 Å². The number of hydrogen-bond acceptors (Lipinski definition) is 3. The fourth-order valence-corrected chi connectivity index (χ4v) is 5.13. The number of amides is 1. The summed E-state index contributed by atoms with van der Waals surface area (Å²) < 4.78 is 1.78. The van der Waals surface area contributed by atoms with Crippen LogP contribution >= 0.6 is 0 Å². The molecule has 5 heteroatoms. The number of aromatic nitrogens is 3. The quantitative estimate of drug-likeness (QED) is 0.478. The van der Waals surface area contributed by atoms with E-state index in [2.05, 4.69) is 56.3 Å². The third-order valence-corrected chi connectivity index (χ3v) is 6.92. The molecule has 0 saturated heterocycles. The Morgan fingerprint density at radius 2 is 1.78 bits per heavy atom. The second kappa shape index (κ2) is 9.43. The average Bonchev–Trinajstić information content (AvgIpc) is 3.13. The Hall–Kier alpha value is -2.69. The molecule has 32 heavy (non-hydrogen) atoms. The van der Waals surface area contributed by atoms with Crippen molar-refractivity contribution in [3.05, 3.63) is 46.6 Å². The minimum atomic E-state index is 0.0908. The summed E-state index contributed by atoms with van der Waals surface area (Å²) in [6.45, 7) is 10.5. The number of benzene rings is 1. The van der Waals surface area contributed by atoms with Crippen LogP contribution < -0.4 is 5.32 Å². The molecule has 0 spiro atoms. The number of aryl methyl sites for hydroxylation is 4. The molecule has 1 aliphatic rings. The number of pyridine rings is 1. The minimum Gasteiger partial charge on any atom is -0.310 e. The number of carbonyl (C=O) groups excluding carboxylic acids is 1. The molecule has 0 radical (unpaired) electrons. The molecular weight excluding hydrogens is 396 g/mol. The monoisotopic (exact) mass is 432 g/mol. The molecule has 1 aromatic carbocycles. The van der Waals surface area contributed by atoms with E-state index in [1.54, 1.807) is 4.68 Å². The van der Waals surface area contributed by atoms with Gasteiger partial charge in [0.15, 0.2) is 5.82 Å². The van der Waals surface area contributed by atoms with E-state index < -0.39 is 0 Å². The van der Waals surface area contributed by atoms with Crippen LogP contribution in [-0.2, 0) is 4.79 Å². The molecule has 1 N–H and O–H groups in total. The van der Waals surface area contributed by atoms with Crippen LogP contribution in [0.2, 0.25) is 0 Å². The highest BCUT2D eigenvalue weighted by Gasteiger charge is 2.27. The summed E-state index contributed by atoms with van der Waals surface area (Å²) in [6, 6.07) is 8.34. The number of carbonyl (C=O) groups is 1. The van der Waals surface area contributed by atoms with E-state index >= 15 is 0 Å². The van der Waals surface area contributed by atoms with Gasteiger partial charge >= 0.3 is 0 Å². The molecule has 2 aromatic heterocycles. The van der Waals surface area contributed by atoms with Gasteiger partial charge < -0.3 is 5.32 Å².